The van der Waals surface area contributed by atoms with E-state index in [1.165, 1.54) is 25.7 Å². The highest BCUT2D eigenvalue weighted by atomic mass is 16.5. The van der Waals surface area contributed by atoms with Crippen LogP contribution in [0.25, 0.3) is 0 Å². The lowest BCUT2D eigenvalue weighted by Gasteiger charge is -2.50. The monoisotopic (exact) mass is 316 g/mol. The van der Waals surface area contributed by atoms with Crippen LogP contribution < -0.4 is 0 Å². The van der Waals surface area contributed by atoms with Gasteiger partial charge < -0.3 is 9.47 Å². The van der Waals surface area contributed by atoms with Crippen LogP contribution in [0.15, 0.2) is 24.4 Å². The molecule has 126 valence electrons. The molecule has 3 heterocycles. The van der Waals surface area contributed by atoms with Crippen LogP contribution in [0.5, 0.6) is 0 Å². The standard InChI is InChI=1S/C19H28N2O2/c1-2-9-20-17(4-1)12-21-10-7-18-19(14-21,8-3-11-23-18)15-22-13-16-5-6-16/h1-2,4,9,16,18H,3,5-8,10-15H2/t18-,19-/m0/s1. The Bertz CT molecular complexity index is 505. The summed E-state index contributed by atoms with van der Waals surface area (Å²) in [5, 5.41) is 0. The molecule has 0 aromatic carbocycles. The van der Waals surface area contributed by atoms with Crippen molar-refractivity contribution in [2.24, 2.45) is 11.3 Å². The summed E-state index contributed by atoms with van der Waals surface area (Å²) in [4.78, 5) is 7.04. The number of likely N-dealkylation sites (tertiary alicyclic amines) is 1. The van der Waals surface area contributed by atoms with Gasteiger partial charge in [-0.1, -0.05) is 6.07 Å². The second kappa shape index (κ2) is 6.88. The lowest BCUT2D eigenvalue weighted by molar-refractivity contribution is -0.154. The number of pyridine rings is 1. The average molecular weight is 316 g/mol. The number of piperidine rings is 1. The molecule has 0 amide bonds. The Morgan fingerprint density at radius 2 is 2.26 bits per heavy atom. The molecule has 23 heavy (non-hydrogen) atoms. The van der Waals surface area contributed by atoms with Gasteiger partial charge >= 0.3 is 0 Å². The highest BCUT2D eigenvalue weighted by molar-refractivity contribution is 5.05. The molecule has 2 atom stereocenters. The van der Waals surface area contributed by atoms with Gasteiger partial charge in [0.25, 0.3) is 0 Å². The minimum atomic E-state index is 0.195. The SMILES string of the molecule is c1ccc(CN2CC[C@@H]3OCCC[C@@]3(COCC3CC3)C2)nc1. The van der Waals surface area contributed by atoms with Gasteiger partial charge in [0.15, 0.2) is 0 Å². The van der Waals surface area contributed by atoms with Crippen LogP contribution in [0.2, 0.25) is 0 Å². The molecule has 0 radical (unpaired) electrons. The molecule has 0 bridgehead atoms. The first-order valence-electron chi connectivity index (χ1n) is 9.16. The number of rotatable bonds is 6. The van der Waals surface area contributed by atoms with E-state index in [2.05, 4.69) is 22.0 Å². The molecule has 4 rings (SSSR count). The van der Waals surface area contributed by atoms with E-state index in [1.54, 1.807) is 0 Å². The van der Waals surface area contributed by atoms with Crippen molar-refractivity contribution in [2.75, 3.05) is 32.9 Å². The first-order chi connectivity index (χ1) is 11.3. The zero-order valence-electron chi connectivity index (χ0n) is 14.0. The van der Waals surface area contributed by atoms with E-state index >= 15 is 0 Å². The Morgan fingerprint density at radius 3 is 3.09 bits per heavy atom. The minimum Gasteiger partial charge on any atom is -0.380 e. The lowest BCUT2D eigenvalue weighted by Crippen LogP contribution is -2.56. The van der Waals surface area contributed by atoms with Crippen molar-refractivity contribution in [1.82, 2.24) is 9.88 Å². The fourth-order valence-corrected chi connectivity index (χ4v) is 4.16. The fraction of sp³-hybridized carbons (Fsp3) is 0.737. The van der Waals surface area contributed by atoms with E-state index in [1.807, 2.05) is 12.3 Å². The van der Waals surface area contributed by atoms with Gasteiger partial charge in [-0.25, -0.2) is 0 Å². The van der Waals surface area contributed by atoms with E-state index in [0.29, 0.717) is 6.10 Å². The number of nitrogens with zero attached hydrogens (tertiary/aromatic N) is 2. The normalized spacial score (nSPS) is 31.7. The van der Waals surface area contributed by atoms with Crippen LogP contribution in [0.3, 0.4) is 0 Å². The maximum absolute atomic E-state index is 6.13. The molecule has 1 aliphatic carbocycles. The van der Waals surface area contributed by atoms with Crippen LogP contribution in [-0.4, -0.2) is 48.9 Å². The van der Waals surface area contributed by atoms with Gasteiger partial charge in [0, 0.05) is 44.5 Å². The molecule has 1 aromatic heterocycles. The van der Waals surface area contributed by atoms with Gasteiger partial charge in [-0.05, 0) is 50.2 Å². The molecule has 2 saturated heterocycles. The minimum absolute atomic E-state index is 0.195. The molecule has 0 N–H and O–H groups in total. The van der Waals surface area contributed by atoms with Crippen molar-refractivity contribution in [2.45, 2.75) is 44.8 Å². The van der Waals surface area contributed by atoms with Crippen molar-refractivity contribution in [3.05, 3.63) is 30.1 Å². The van der Waals surface area contributed by atoms with Crippen molar-refractivity contribution in [3.63, 3.8) is 0 Å². The van der Waals surface area contributed by atoms with Crippen LogP contribution in [-0.2, 0) is 16.0 Å². The highest BCUT2D eigenvalue weighted by Crippen LogP contribution is 2.41. The molecule has 0 unspecified atom stereocenters. The van der Waals surface area contributed by atoms with Crippen LogP contribution in [0, 0.1) is 11.3 Å². The van der Waals surface area contributed by atoms with Gasteiger partial charge in [0.2, 0.25) is 0 Å². The summed E-state index contributed by atoms with van der Waals surface area (Å²) in [6, 6.07) is 6.19. The van der Waals surface area contributed by atoms with Crippen LogP contribution in [0.4, 0.5) is 0 Å². The van der Waals surface area contributed by atoms with Gasteiger partial charge in [0.1, 0.15) is 0 Å². The zero-order valence-corrected chi connectivity index (χ0v) is 14.0. The van der Waals surface area contributed by atoms with E-state index < -0.39 is 0 Å². The summed E-state index contributed by atoms with van der Waals surface area (Å²) in [6.45, 7) is 5.87. The molecule has 1 saturated carbocycles. The second-order valence-corrected chi connectivity index (χ2v) is 7.60. The maximum atomic E-state index is 6.13. The quantitative estimate of drug-likeness (QED) is 0.808. The summed E-state index contributed by atoms with van der Waals surface area (Å²) in [6.07, 6.45) is 8.52. The predicted octanol–water partition coefficient (Wildman–Crippen LogP) is 2.88. The van der Waals surface area contributed by atoms with E-state index in [0.717, 1.165) is 57.5 Å². The third kappa shape index (κ3) is 3.76. The molecule has 3 aliphatic rings. The first-order valence-corrected chi connectivity index (χ1v) is 9.16. The molecule has 0 spiro atoms. The third-order valence-corrected chi connectivity index (χ3v) is 5.62. The van der Waals surface area contributed by atoms with Crippen LogP contribution >= 0.6 is 0 Å². The van der Waals surface area contributed by atoms with E-state index in [-0.39, 0.29) is 5.41 Å². The third-order valence-electron chi connectivity index (χ3n) is 5.62. The smallest absolute Gasteiger partial charge is 0.0677 e. The highest BCUT2D eigenvalue weighted by Gasteiger charge is 2.46. The topological polar surface area (TPSA) is 34.6 Å². The summed E-state index contributed by atoms with van der Waals surface area (Å²) >= 11 is 0. The number of ether oxygens (including phenoxy) is 2. The largest absolute Gasteiger partial charge is 0.380 e. The van der Waals surface area contributed by atoms with Gasteiger partial charge in [-0.15, -0.1) is 0 Å². The second-order valence-electron chi connectivity index (χ2n) is 7.60. The molecular formula is C19H28N2O2. The number of aromatic nitrogens is 1. The van der Waals surface area contributed by atoms with Crippen molar-refractivity contribution in [1.29, 1.82) is 0 Å². The predicted molar refractivity (Wildman–Crippen MR) is 89.1 cm³/mol. The molecule has 4 heteroatoms. The fourth-order valence-electron chi connectivity index (χ4n) is 4.16. The molecule has 1 aromatic rings. The summed E-state index contributed by atoms with van der Waals surface area (Å²) in [7, 11) is 0. The number of hydrogen-bond donors (Lipinski definition) is 0. The van der Waals surface area contributed by atoms with E-state index in [9.17, 15) is 0 Å². The van der Waals surface area contributed by atoms with Crippen molar-refractivity contribution in [3.8, 4) is 0 Å². The van der Waals surface area contributed by atoms with Crippen LogP contribution in [0.1, 0.15) is 37.8 Å². The summed E-state index contributed by atoms with van der Waals surface area (Å²) < 4.78 is 12.3. The Morgan fingerprint density at radius 1 is 1.30 bits per heavy atom. The molecular weight excluding hydrogens is 288 g/mol. The zero-order chi connectivity index (χ0) is 15.5. The number of fused-ring (bicyclic) bond motifs is 1. The average Bonchev–Trinajstić information content (AvgIpc) is 3.40. The van der Waals surface area contributed by atoms with Crippen molar-refractivity contribution < 1.29 is 9.47 Å². The molecule has 4 nitrogen and oxygen atoms in total. The Hall–Kier alpha value is -0.970. The molecule has 3 fully saturated rings. The van der Waals surface area contributed by atoms with Crippen molar-refractivity contribution >= 4 is 0 Å². The lowest BCUT2D eigenvalue weighted by atomic mass is 9.73. The van der Waals surface area contributed by atoms with Gasteiger partial charge in [0.05, 0.1) is 18.4 Å². The maximum Gasteiger partial charge on any atom is 0.0677 e. The van der Waals surface area contributed by atoms with E-state index in [4.69, 9.17) is 9.47 Å². The Balaban J connectivity index is 1.41. The number of hydrogen-bond acceptors (Lipinski definition) is 4. The Labute approximate surface area is 139 Å². The van der Waals surface area contributed by atoms with Gasteiger partial charge in [-0.3, -0.25) is 9.88 Å². The van der Waals surface area contributed by atoms with Gasteiger partial charge in [-0.2, -0.15) is 0 Å². The summed E-state index contributed by atoms with van der Waals surface area (Å²) in [5.41, 5.74) is 1.36. The molecule has 2 aliphatic heterocycles. The first kappa shape index (κ1) is 15.6. The summed E-state index contributed by atoms with van der Waals surface area (Å²) in [5.74, 6) is 0.836. The Kier molecular flexibility index (Phi) is 4.65.